The van der Waals surface area contributed by atoms with Gasteiger partial charge in [-0.05, 0) is 25.7 Å². The Kier molecular flexibility index (Phi) is 3.56. The largest absolute Gasteiger partial charge is 0.480 e. The normalized spacial score (nSPS) is 15.6. The van der Waals surface area contributed by atoms with E-state index >= 15 is 0 Å². The lowest BCUT2D eigenvalue weighted by molar-refractivity contribution is -0.138. The molecule has 0 aromatic carbocycles. The van der Waals surface area contributed by atoms with Gasteiger partial charge in [0, 0.05) is 17.6 Å². The summed E-state index contributed by atoms with van der Waals surface area (Å²) in [7, 11) is 0. The van der Waals surface area contributed by atoms with Crippen molar-refractivity contribution in [2.45, 2.75) is 26.3 Å². The molecule has 1 heterocycles. The molecule has 1 aliphatic rings. The van der Waals surface area contributed by atoms with Gasteiger partial charge < -0.3 is 5.11 Å². The summed E-state index contributed by atoms with van der Waals surface area (Å²) in [4.78, 5) is 17.1. The van der Waals surface area contributed by atoms with Gasteiger partial charge >= 0.3 is 5.97 Å². The summed E-state index contributed by atoms with van der Waals surface area (Å²) < 4.78 is 0. The Hall–Kier alpha value is -0.940. The third-order valence-corrected chi connectivity index (χ3v) is 3.55. The number of aliphatic carboxylic acids is 1. The lowest BCUT2D eigenvalue weighted by Crippen LogP contribution is -2.31. The molecule has 1 aromatic heterocycles. The van der Waals surface area contributed by atoms with Crippen molar-refractivity contribution in [3.8, 4) is 0 Å². The van der Waals surface area contributed by atoms with E-state index in [2.05, 4.69) is 4.98 Å². The molecule has 1 aliphatic carbocycles. The Labute approximate surface area is 98.9 Å². The first-order chi connectivity index (χ1) is 7.63. The van der Waals surface area contributed by atoms with Gasteiger partial charge in [0.1, 0.15) is 5.01 Å². The van der Waals surface area contributed by atoms with Gasteiger partial charge in [-0.1, -0.05) is 0 Å². The van der Waals surface area contributed by atoms with Crippen LogP contribution < -0.4 is 0 Å². The minimum Gasteiger partial charge on any atom is -0.480 e. The van der Waals surface area contributed by atoms with Crippen molar-refractivity contribution in [2.24, 2.45) is 5.92 Å². The molecule has 2 rings (SSSR count). The van der Waals surface area contributed by atoms with E-state index in [9.17, 15) is 4.79 Å². The summed E-state index contributed by atoms with van der Waals surface area (Å²) >= 11 is 1.61. The van der Waals surface area contributed by atoms with Gasteiger partial charge in [-0.2, -0.15) is 0 Å². The van der Waals surface area contributed by atoms with Crippen molar-refractivity contribution in [1.82, 2.24) is 9.88 Å². The second-order valence-electron chi connectivity index (χ2n) is 4.39. The van der Waals surface area contributed by atoms with Crippen molar-refractivity contribution in [1.29, 1.82) is 0 Å². The second-order valence-corrected chi connectivity index (χ2v) is 5.33. The maximum atomic E-state index is 10.7. The monoisotopic (exact) mass is 240 g/mol. The number of rotatable bonds is 6. The SMILES string of the molecule is Cc1csc(CN(CC(=O)O)CC2CC2)n1. The number of carbonyl (C=O) groups is 1. The second kappa shape index (κ2) is 4.93. The predicted molar refractivity (Wildman–Crippen MR) is 62.5 cm³/mol. The van der Waals surface area contributed by atoms with Crippen LogP contribution >= 0.6 is 11.3 Å². The van der Waals surface area contributed by atoms with Crippen LogP contribution in [0.2, 0.25) is 0 Å². The van der Waals surface area contributed by atoms with Crippen molar-refractivity contribution < 1.29 is 9.90 Å². The maximum Gasteiger partial charge on any atom is 0.317 e. The fraction of sp³-hybridized carbons (Fsp3) is 0.636. The molecule has 0 unspecified atom stereocenters. The van der Waals surface area contributed by atoms with Crippen LogP contribution in [0.4, 0.5) is 0 Å². The highest BCUT2D eigenvalue weighted by Crippen LogP contribution is 2.30. The highest BCUT2D eigenvalue weighted by Gasteiger charge is 2.25. The van der Waals surface area contributed by atoms with Crippen LogP contribution in [0.3, 0.4) is 0 Å². The van der Waals surface area contributed by atoms with Crippen LogP contribution in [0.25, 0.3) is 0 Å². The van der Waals surface area contributed by atoms with E-state index in [4.69, 9.17) is 5.11 Å². The molecule has 5 heteroatoms. The fourth-order valence-electron chi connectivity index (χ4n) is 1.71. The predicted octanol–water partition coefficient (Wildman–Crippen LogP) is 1.75. The van der Waals surface area contributed by atoms with Crippen LogP contribution in [-0.4, -0.2) is 34.0 Å². The van der Waals surface area contributed by atoms with Gasteiger partial charge in [0.2, 0.25) is 0 Å². The van der Waals surface area contributed by atoms with Gasteiger partial charge in [0.05, 0.1) is 13.1 Å². The quantitative estimate of drug-likeness (QED) is 0.823. The number of thiazole rings is 1. The van der Waals surface area contributed by atoms with Crippen molar-refractivity contribution in [2.75, 3.05) is 13.1 Å². The topological polar surface area (TPSA) is 53.4 Å². The Morgan fingerprint density at radius 1 is 1.69 bits per heavy atom. The minimum absolute atomic E-state index is 0.120. The number of carboxylic acid groups (broad SMARTS) is 1. The Morgan fingerprint density at radius 3 is 2.94 bits per heavy atom. The fourth-order valence-corrected chi connectivity index (χ4v) is 2.52. The average molecular weight is 240 g/mol. The molecule has 0 spiro atoms. The molecular formula is C11H16N2O2S. The standard InChI is InChI=1S/C11H16N2O2S/c1-8-7-16-10(12-8)5-13(6-11(14)15)4-9-2-3-9/h7,9H,2-6H2,1H3,(H,14,15). The molecule has 0 radical (unpaired) electrons. The summed E-state index contributed by atoms with van der Waals surface area (Å²) in [6, 6.07) is 0. The number of hydrogen-bond donors (Lipinski definition) is 1. The Balaban J connectivity index is 1.91. The molecule has 88 valence electrons. The van der Waals surface area contributed by atoms with Crippen LogP contribution in [-0.2, 0) is 11.3 Å². The molecule has 0 aliphatic heterocycles. The number of carboxylic acids is 1. The third kappa shape index (κ3) is 3.57. The highest BCUT2D eigenvalue weighted by molar-refractivity contribution is 7.09. The van der Waals surface area contributed by atoms with Crippen molar-refractivity contribution >= 4 is 17.3 Å². The molecule has 0 bridgehead atoms. The van der Waals surface area contributed by atoms with E-state index in [-0.39, 0.29) is 6.54 Å². The maximum absolute atomic E-state index is 10.7. The van der Waals surface area contributed by atoms with E-state index < -0.39 is 5.97 Å². The van der Waals surface area contributed by atoms with Crippen molar-refractivity contribution in [3.05, 3.63) is 16.1 Å². The lowest BCUT2D eigenvalue weighted by atomic mass is 10.3. The third-order valence-electron chi connectivity index (χ3n) is 2.60. The molecule has 0 atom stereocenters. The first-order valence-electron chi connectivity index (χ1n) is 5.48. The van der Waals surface area contributed by atoms with E-state index in [0.29, 0.717) is 12.5 Å². The van der Waals surface area contributed by atoms with Crippen LogP contribution in [0, 0.1) is 12.8 Å². The average Bonchev–Trinajstić information content (AvgIpc) is 2.89. The summed E-state index contributed by atoms with van der Waals surface area (Å²) in [5.41, 5.74) is 1.02. The molecule has 1 N–H and O–H groups in total. The molecule has 1 fully saturated rings. The Bertz CT molecular complexity index is 374. The molecular weight excluding hydrogens is 224 g/mol. The van der Waals surface area contributed by atoms with E-state index in [1.54, 1.807) is 11.3 Å². The molecule has 4 nitrogen and oxygen atoms in total. The van der Waals surface area contributed by atoms with Crippen LogP contribution in [0.5, 0.6) is 0 Å². The number of aromatic nitrogens is 1. The molecule has 1 aromatic rings. The number of hydrogen-bond acceptors (Lipinski definition) is 4. The van der Waals surface area contributed by atoms with Crippen LogP contribution in [0.1, 0.15) is 23.5 Å². The van der Waals surface area contributed by atoms with E-state index in [1.165, 1.54) is 12.8 Å². The van der Waals surface area contributed by atoms with Crippen molar-refractivity contribution in [3.63, 3.8) is 0 Å². The Morgan fingerprint density at radius 2 is 2.44 bits per heavy atom. The number of nitrogens with zero attached hydrogens (tertiary/aromatic N) is 2. The van der Waals surface area contributed by atoms with Gasteiger partial charge in [0.25, 0.3) is 0 Å². The summed E-state index contributed by atoms with van der Waals surface area (Å²) in [6.07, 6.45) is 2.49. The van der Waals surface area contributed by atoms with E-state index in [1.807, 2.05) is 17.2 Å². The molecule has 1 saturated carbocycles. The van der Waals surface area contributed by atoms with Crippen LogP contribution in [0.15, 0.2) is 5.38 Å². The smallest absolute Gasteiger partial charge is 0.317 e. The zero-order valence-corrected chi connectivity index (χ0v) is 10.2. The first kappa shape index (κ1) is 11.5. The summed E-state index contributed by atoms with van der Waals surface area (Å²) in [5.74, 6) is -0.0469. The highest BCUT2D eigenvalue weighted by atomic mass is 32.1. The van der Waals surface area contributed by atoms with Gasteiger partial charge in [-0.3, -0.25) is 9.69 Å². The molecule has 0 saturated heterocycles. The minimum atomic E-state index is -0.756. The van der Waals surface area contributed by atoms with E-state index in [0.717, 1.165) is 17.2 Å². The first-order valence-corrected chi connectivity index (χ1v) is 6.36. The molecule has 0 amide bonds. The van der Waals surface area contributed by atoms with Gasteiger partial charge in [0.15, 0.2) is 0 Å². The zero-order chi connectivity index (χ0) is 11.5. The van der Waals surface area contributed by atoms with Gasteiger partial charge in [-0.25, -0.2) is 4.98 Å². The summed E-state index contributed by atoms with van der Waals surface area (Å²) in [6.45, 7) is 3.64. The summed E-state index contributed by atoms with van der Waals surface area (Å²) in [5, 5.41) is 11.9. The van der Waals surface area contributed by atoms with Gasteiger partial charge in [-0.15, -0.1) is 11.3 Å². The molecule has 16 heavy (non-hydrogen) atoms. The lowest BCUT2D eigenvalue weighted by Gasteiger charge is -2.18. The zero-order valence-electron chi connectivity index (χ0n) is 9.35. The number of aryl methyl sites for hydroxylation is 1.